The summed E-state index contributed by atoms with van der Waals surface area (Å²) in [6.45, 7) is 5.40. The van der Waals surface area contributed by atoms with E-state index in [1.165, 1.54) is 19.3 Å². The van der Waals surface area contributed by atoms with Gasteiger partial charge in [0.1, 0.15) is 6.04 Å². The molecule has 3 rings (SSSR count). The summed E-state index contributed by atoms with van der Waals surface area (Å²) in [6, 6.07) is 7.49. The highest BCUT2D eigenvalue weighted by molar-refractivity contribution is 5.95. The molecule has 0 spiro atoms. The van der Waals surface area contributed by atoms with Crippen LogP contribution in [0.4, 0.5) is 0 Å². The molecule has 2 aromatic rings. The molecule has 0 bridgehead atoms. The lowest BCUT2D eigenvalue weighted by molar-refractivity contribution is -0.157. The predicted molar refractivity (Wildman–Crippen MR) is 105 cm³/mol. The van der Waals surface area contributed by atoms with Crippen LogP contribution in [0, 0.1) is 5.92 Å². The minimum atomic E-state index is -1.03. The molecular weight excluding hydrogens is 392 g/mol. The van der Waals surface area contributed by atoms with Gasteiger partial charge in [0.15, 0.2) is 23.4 Å². The number of fused-ring (bicyclic) bond motifs is 1. The summed E-state index contributed by atoms with van der Waals surface area (Å²) in [5.74, 6) is -0.577. The van der Waals surface area contributed by atoms with Gasteiger partial charge in [-0.15, -0.1) is 0 Å². The molecule has 0 saturated carbocycles. The van der Waals surface area contributed by atoms with Crippen molar-refractivity contribution < 1.29 is 33.0 Å². The minimum Gasteiger partial charge on any atom is -0.459 e. The maximum Gasteiger partial charge on any atom is 0.329 e. The number of ether oxygens (including phenoxy) is 3. The number of amides is 2. The van der Waals surface area contributed by atoms with Gasteiger partial charge in [-0.3, -0.25) is 9.59 Å². The Morgan fingerprint density at radius 3 is 2.57 bits per heavy atom. The third kappa shape index (κ3) is 5.11. The van der Waals surface area contributed by atoms with Crippen LogP contribution in [0.15, 0.2) is 41.0 Å². The topological polar surface area (TPSA) is 116 Å². The summed E-state index contributed by atoms with van der Waals surface area (Å²) in [5.41, 5.74) is 0.817. The van der Waals surface area contributed by atoms with Gasteiger partial charge in [-0.25, -0.2) is 4.79 Å². The second-order valence-corrected chi connectivity index (χ2v) is 7.16. The van der Waals surface area contributed by atoms with E-state index in [4.69, 9.17) is 18.6 Å². The number of hydrogen-bond donors (Lipinski definition) is 2. The molecule has 0 saturated heterocycles. The summed E-state index contributed by atoms with van der Waals surface area (Å²) in [6.07, 6.45) is 0.331. The lowest BCUT2D eigenvalue weighted by Gasteiger charge is -2.22. The first-order chi connectivity index (χ1) is 14.3. The van der Waals surface area contributed by atoms with Crippen LogP contribution >= 0.6 is 0 Å². The smallest absolute Gasteiger partial charge is 0.329 e. The van der Waals surface area contributed by atoms with E-state index in [1.807, 2.05) is 6.07 Å². The van der Waals surface area contributed by atoms with Gasteiger partial charge < -0.3 is 29.3 Å². The van der Waals surface area contributed by atoms with Gasteiger partial charge in [-0.1, -0.05) is 19.9 Å². The van der Waals surface area contributed by atoms with Crippen molar-refractivity contribution in [1.82, 2.24) is 10.6 Å². The highest BCUT2D eigenvalue weighted by Crippen LogP contribution is 2.32. The molecule has 1 aliphatic rings. The van der Waals surface area contributed by atoms with Gasteiger partial charge in [0.2, 0.25) is 6.79 Å². The number of furan rings is 1. The molecule has 2 amide bonds. The average molecular weight is 416 g/mol. The third-order valence-electron chi connectivity index (χ3n) is 4.52. The summed E-state index contributed by atoms with van der Waals surface area (Å²) in [4.78, 5) is 37.0. The van der Waals surface area contributed by atoms with E-state index >= 15 is 0 Å². The fourth-order valence-corrected chi connectivity index (χ4v) is 2.80. The molecule has 30 heavy (non-hydrogen) atoms. The van der Waals surface area contributed by atoms with E-state index in [9.17, 15) is 14.4 Å². The van der Waals surface area contributed by atoms with E-state index in [-0.39, 0.29) is 25.0 Å². The van der Waals surface area contributed by atoms with Crippen LogP contribution in [0.5, 0.6) is 11.5 Å². The maximum atomic E-state index is 12.5. The highest BCUT2D eigenvalue weighted by atomic mass is 16.7. The molecule has 9 nitrogen and oxygen atoms in total. The number of esters is 1. The monoisotopic (exact) mass is 416 g/mol. The van der Waals surface area contributed by atoms with Crippen molar-refractivity contribution in [3.05, 3.63) is 47.9 Å². The number of carbonyl (C=O) groups is 3. The minimum absolute atomic E-state index is 0.0861. The predicted octanol–water partition coefficient (Wildman–Crippen LogP) is 2.01. The van der Waals surface area contributed by atoms with E-state index in [2.05, 4.69) is 10.6 Å². The average Bonchev–Trinajstić information content (AvgIpc) is 3.40. The van der Waals surface area contributed by atoms with Crippen molar-refractivity contribution in [3.63, 3.8) is 0 Å². The second-order valence-electron chi connectivity index (χ2n) is 7.16. The number of rotatable bonds is 8. The summed E-state index contributed by atoms with van der Waals surface area (Å²) in [7, 11) is 0. The molecule has 1 aromatic heterocycles. The van der Waals surface area contributed by atoms with Gasteiger partial charge in [0.25, 0.3) is 11.8 Å². The number of carbonyl (C=O) groups excluding carboxylic acids is 3. The summed E-state index contributed by atoms with van der Waals surface area (Å²) in [5, 5.41) is 5.29. The zero-order valence-corrected chi connectivity index (χ0v) is 17.0. The Hall–Kier alpha value is -3.49. The summed E-state index contributed by atoms with van der Waals surface area (Å²) < 4.78 is 20.9. The van der Waals surface area contributed by atoms with Crippen LogP contribution in [0.25, 0.3) is 0 Å². The lowest BCUT2D eigenvalue weighted by Crippen LogP contribution is -2.47. The molecule has 160 valence electrons. The highest BCUT2D eigenvalue weighted by Gasteiger charge is 2.29. The van der Waals surface area contributed by atoms with Crippen LogP contribution in [0.3, 0.4) is 0 Å². The van der Waals surface area contributed by atoms with Gasteiger partial charge in [-0.2, -0.15) is 0 Å². The van der Waals surface area contributed by atoms with Crippen LogP contribution in [-0.2, 0) is 20.9 Å². The molecule has 1 aliphatic heterocycles. The normalized spacial score (nSPS) is 14.1. The SMILES string of the molecule is CC(C)[C@H](NC(=O)c1ccco1)C(=O)O[C@H](C)C(=O)NCc1ccc2c(c1)OCO2. The first-order valence-corrected chi connectivity index (χ1v) is 9.56. The van der Waals surface area contributed by atoms with E-state index < -0.39 is 29.9 Å². The largest absolute Gasteiger partial charge is 0.459 e. The Kier molecular flexibility index (Phi) is 6.61. The Balaban J connectivity index is 1.52. The first kappa shape index (κ1) is 21.2. The van der Waals surface area contributed by atoms with Crippen LogP contribution in [0.2, 0.25) is 0 Å². The zero-order valence-electron chi connectivity index (χ0n) is 17.0. The molecule has 0 fully saturated rings. The fourth-order valence-electron chi connectivity index (χ4n) is 2.80. The van der Waals surface area contributed by atoms with Crippen LogP contribution in [0.1, 0.15) is 36.9 Å². The van der Waals surface area contributed by atoms with Crippen molar-refractivity contribution >= 4 is 17.8 Å². The van der Waals surface area contributed by atoms with Crippen LogP contribution < -0.4 is 20.1 Å². The third-order valence-corrected chi connectivity index (χ3v) is 4.52. The van der Waals surface area contributed by atoms with Crippen molar-refractivity contribution in [2.45, 2.75) is 39.5 Å². The number of benzene rings is 1. The quantitative estimate of drug-likeness (QED) is 0.633. The van der Waals surface area contributed by atoms with E-state index in [0.29, 0.717) is 11.5 Å². The molecule has 0 unspecified atom stereocenters. The van der Waals surface area contributed by atoms with Crippen molar-refractivity contribution in [3.8, 4) is 11.5 Å². The fraction of sp³-hybridized carbons (Fsp3) is 0.381. The van der Waals surface area contributed by atoms with Crippen molar-refractivity contribution in [2.75, 3.05) is 6.79 Å². The standard InChI is InChI=1S/C21H24N2O7/c1-12(2)18(23-20(25)16-5-4-8-27-16)21(26)30-13(3)19(24)22-10-14-6-7-15-17(9-14)29-11-28-15/h4-9,12-13,18H,10-11H2,1-3H3,(H,22,24)(H,23,25)/t13-,18+/m1/s1. The molecule has 2 N–H and O–H groups in total. The lowest BCUT2D eigenvalue weighted by atomic mass is 10.0. The molecule has 1 aromatic carbocycles. The Morgan fingerprint density at radius 2 is 1.87 bits per heavy atom. The van der Waals surface area contributed by atoms with Crippen molar-refractivity contribution in [1.29, 1.82) is 0 Å². The van der Waals surface area contributed by atoms with Gasteiger partial charge in [0, 0.05) is 6.54 Å². The molecule has 0 aliphatic carbocycles. The van der Waals surface area contributed by atoms with Crippen molar-refractivity contribution in [2.24, 2.45) is 5.92 Å². The molecule has 2 heterocycles. The van der Waals surface area contributed by atoms with Crippen LogP contribution in [-0.4, -0.2) is 36.7 Å². The Morgan fingerprint density at radius 1 is 1.10 bits per heavy atom. The van der Waals surface area contributed by atoms with E-state index in [0.717, 1.165) is 5.56 Å². The second kappa shape index (κ2) is 9.34. The molecular formula is C21H24N2O7. The number of nitrogens with one attached hydrogen (secondary N) is 2. The zero-order chi connectivity index (χ0) is 21.7. The molecule has 0 radical (unpaired) electrons. The molecule has 9 heteroatoms. The van der Waals surface area contributed by atoms with Gasteiger partial charge in [-0.05, 0) is 42.7 Å². The van der Waals surface area contributed by atoms with E-state index in [1.54, 1.807) is 32.0 Å². The molecule has 2 atom stereocenters. The van der Waals surface area contributed by atoms with Gasteiger partial charge in [0.05, 0.1) is 6.26 Å². The number of hydrogen-bond acceptors (Lipinski definition) is 7. The maximum absolute atomic E-state index is 12.5. The Bertz CT molecular complexity index is 908. The van der Waals surface area contributed by atoms with Gasteiger partial charge >= 0.3 is 5.97 Å². The first-order valence-electron chi connectivity index (χ1n) is 9.56. The Labute approximate surface area is 173 Å². The summed E-state index contributed by atoms with van der Waals surface area (Å²) >= 11 is 0.